The molecule has 0 bridgehead atoms. The molecule has 0 radical (unpaired) electrons. The van der Waals surface area contributed by atoms with Crippen LogP contribution in [0.2, 0.25) is 0 Å². The third-order valence-corrected chi connectivity index (χ3v) is 2.93. The molecule has 2 rings (SSSR count). The smallest absolute Gasteiger partial charge is 0.115 e. The van der Waals surface area contributed by atoms with E-state index in [1.165, 1.54) is 0 Å². The second-order valence-corrected chi connectivity index (χ2v) is 4.10. The van der Waals surface area contributed by atoms with Gasteiger partial charge in [-0.1, -0.05) is 0 Å². The van der Waals surface area contributed by atoms with Crippen molar-refractivity contribution in [3.63, 3.8) is 0 Å². The maximum Gasteiger partial charge on any atom is 0.115 e. The zero-order chi connectivity index (χ0) is 10.7. The van der Waals surface area contributed by atoms with Crippen LogP contribution in [0.3, 0.4) is 0 Å². The summed E-state index contributed by atoms with van der Waals surface area (Å²) < 4.78 is 5.36. The zero-order valence-corrected chi connectivity index (χ0v) is 8.94. The molecule has 0 amide bonds. The highest BCUT2D eigenvalue weighted by Crippen LogP contribution is 2.21. The van der Waals surface area contributed by atoms with Crippen molar-refractivity contribution in [3.05, 3.63) is 24.3 Å². The number of hydrogen-bond acceptors (Lipinski definition) is 3. The van der Waals surface area contributed by atoms with Gasteiger partial charge in [-0.25, -0.2) is 0 Å². The fourth-order valence-corrected chi connectivity index (χ4v) is 1.89. The van der Waals surface area contributed by atoms with Gasteiger partial charge in [-0.2, -0.15) is 0 Å². The number of phenols is 1. The van der Waals surface area contributed by atoms with Gasteiger partial charge in [0.15, 0.2) is 0 Å². The molecule has 0 spiro atoms. The molecule has 15 heavy (non-hydrogen) atoms. The molecule has 0 saturated carbocycles. The summed E-state index contributed by atoms with van der Waals surface area (Å²) in [6.07, 6.45) is 1.13. The molecule has 1 aromatic carbocycles. The summed E-state index contributed by atoms with van der Waals surface area (Å²) in [5, 5.41) is 12.6. The van der Waals surface area contributed by atoms with E-state index in [2.05, 4.69) is 12.2 Å². The Morgan fingerprint density at radius 3 is 2.73 bits per heavy atom. The largest absolute Gasteiger partial charge is 0.508 e. The number of aromatic hydroxyl groups is 1. The average Bonchev–Trinajstić information content (AvgIpc) is 2.74. The molecule has 1 saturated heterocycles. The molecule has 2 N–H and O–H groups in total. The summed E-state index contributed by atoms with van der Waals surface area (Å²) >= 11 is 0. The number of anilines is 1. The summed E-state index contributed by atoms with van der Waals surface area (Å²) in [7, 11) is 0. The lowest BCUT2D eigenvalue weighted by Gasteiger charge is -2.20. The molecule has 3 nitrogen and oxygen atoms in total. The van der Waals surface area contributed by atoms with Gasteiger partial charge in [0.2, 0.25) is 0 Å². The van der Waals surface area contributed by atoms with Gasteiger partial charge >= 0.3 is 0 Å². The zero-order valence-electron chi connectivity index (χ0n) is 8.94. The van der Waals surface area contributed by atoms with Crippen LogP contribution in [-0.4, -0.2) is 24.4 Å². The number of hydrogen-bond donors (Lipinski definition) is 2. The number of phenolic OH excluding ortho intramolecular Hbond substituents is 1. The summed E-state index contributed by atoms with van der Waals surface area (Å²) in [6.45, 7) is 3.91. The van der Waals surface area contributed by atoms with E-state index in [0.717, 1.165) is 25.3 Å². The van der Waals surface area contributed by atoms with E-state index < -0.39 is 0 Å². The summed E-state index contributed by atoms with van der Waals surface area (Å²) in [6, 6.07) is 7.58. The van der Waals surface area contributed by atoms with Crippen molar-refractivity contribution >= 4 is 5.69 Å². The van der Waals surface area contributed by atoms with Gasteiger partial charge < -0.3 is 15.2 Å². The van der Waals surface area contributed by atoms with Gasteiger partial charge in [-0.05, 0) is 37.6 Å². The van der Waals surface area contributed by atoms with Crippen LogP contribution in [0.1, 0.15) is 13.3 Å². The van der Waals surface area contributed by atoms with E-state index in [4.69, 9.17) is 9.84 Å². The molecule has 1 aliphatic rings. The molecule has 2 atom stereocenters. The molecule has 1 heterocycles. The lowest BCUT2D eigenvalue weighted by Crippen LogP contribution is -2.25. The Morgan fingerprint density at radius 2 is 2.13 bits per heavy atom. The van der Waals surface area contributed by atoms with Crippen molar-refractivity contribution in [1.29, 1.82) is 0 Å². The average molecular weight is 207 g/mol. The SMILES string of the molecule is CC(Nc1ccc(O)cc1)C1CCOC1. The third-order valence-electron chi connectivity index (χ3n) is 2.93. The van der Waals surface area contributed by atoms with Gasteiger partial charge in [-0.3, -0.25) is 0 Å². The van der Waals surface area contributed by atoms with Gasteiger partial charge in [0, 0.05) is 24.3 Å². The molecule has 1 fully saturated rings. The van der Waals surface area contributed by atoms with Gasteiger partial charge in [0.1, 0.15) is 5.75 Å². The minimum absolute atomic E-state index is 0.303. The number of rotatable bonds is 3. The molecule has 3 heteroatoms. The van der Waals surface area contributed by atoms with Crippen molar-refractivity contribution in [3.8, 4) is 5.75 Å². The van der Waals surface area contributed by atoms with Gasteiger partial charge in [0.25, 0.3) is 0 Å². The lowest BCUT2D eigenvalue weighted by molar-refractivity contribution is 0.183. The minimum Gasteiger partial charge on any atom is -0.508 e. The predicted molar refractivity (Wildman–Crippen MR) is 60.1 cm³/mol. The van der Waals surface area contributed by atoms with Crippen molar-refractivity contribution in [1.82, 2.24) is 0 Å². The van der Waals surface area contributed by atoms with Crippen LogP contribution >= 0.6 is 0 Å². The van der Waals surface area contributed by atoms with Crippen molar-refractivity contribution in [2.45, 2.75) is 19.4 Å². The van der Waals surface area contributed by atoms with E-state index >= 15 is 0 Å². The summed E-state index contributed by atoms with van der Waals surface area (Å²) in [5.41, 5.74) is 1.05. The quantitative estimate of drug-likeness (QED) is 0.747. The number of ether oxygens (including phenoxy) is 1. The van der Waals surface area contributed by atoms with Crippen molar-refractivity contribution in [2.24, 2.45) is 5.92 Å². The highest BCUT2D eigenvalue weighted by Gasteiger charge is 2.21. The van der Waals surface area contributed by atoms with Crippen LogP contribution in [0.25, 0.3) is 0 Å². The Balaban J connectivity index is 1.92. The van der Waals surface area contributed by atoms with Gasteiger partial charge in [-0.15, -0.1) is 0 Å². The summed E-state index contributed by atoms with van der Waals surface area (Å²) in [4.78, 5) is 0. The second-order valence-electron chi connectivity index (χ2n) is 4.10. The van der Waals surface area contributed by atoms with Crippen LogP contribution < -0.4 is 5.32 Å². The highest BCUT2D eigenvalue weighted by atomic mass is 16.5. The number of benzene rings is 1. The molecular formula is C12H17NO2. The van der Waals surface area contributed by atoms with E-state index in [9.17, 15) is 0 Å². The fraction of sp³-hybridized carbons (Fsp3) is 0.500. The van der Waals surface area contributed by atoms with Crippen LogP contribution in [0.4, 0.5) is 5.69 Å². The Morgan fingerprint density at radius 1 is 1.40 bits per heavy atom. The van der Waals surface area contributed by atoms with Crippen LogP contribution in [-0.2, 0) is 4.74 Å². The highest BCUT2D eigenvalue weighted by molar-refractivity contribution is 5.46. The maximum atomic E-state index is 9.15. The molecular weight excluding hydrogens is 190 g/mol. The molecule has 0 aliphatic carbocycles. The Bertz CT molecular complexity index is 304. The second kappa shape index (κ2) is 4.53. The molecule has 1 aromatic rings. The van der Waals surface area contributed by atoms with Gasteiger partial charge in [0.05, 0.1) is 6.61 Å². The van der Waals surface area contributed by atoms with E-state index in [1.807, 2.05) is 12.1 Å². The van der Waals surface area contributed by atoms with E-state index in [-0.39, 0.29) is 0 Å². The van der Waals surface area contributed by atoms with Crippen LogP contribution in [0.15, 0.2) is 24.3 Å². The fourth-order valence-electron chi connectivity index (χ4n) is 1.89. The molecule has 1 aliphatic heterocycles. The molecule has 2 unspecified atom stereocenters. The maximum absolute atomic E-state index is 9.15. The third kappa shape index (κ3) is 2.63. The van der Waals surface area contributed by atoms with Crippen molar-refractivity contribution in [2.75, 3.05) is 18.5 Å². The first-order chi connectivity index (χ1) is 7.25. The Hall–Kier alpha value is -1.22. The molecule has 0 aromatic heterocycles. The monoisotopic (exact) mass is 207 g/mol. The lowest BCUT2D eigenvalue weighted by atomic mass is 10.0. The first-order valence-corrected chi connectivity index (χ1v) is 5.39. The first-order valence-electron chi connectivity index (χ1n) is 5.39. The summed E-state index contributed by atoms with van der Waals surface area (Å²) in [5.74, 6) is 0.899. The van der Waals surface area contributed by atoms with Crippen LogP contribution in [0.5, 0.6) is 5.75 Å². The first kappa shape index (κ1) is 10.3. The minimum atomic E-state index is 0.303. The Kier molecular flexibility index (Phi) is 3.11. The Labute approximate surface area is 90.1 Å². The van der Waals surface area contributed by atoms with E-state index in [1.54, 1.807) is 12.1 Å². The normalized spacial score (nSPS) is 22.6. The predicted octanol–water partition coefficient (Wildman–Crippen LogP) is 2.23. The topological polar surface area (TPSA) is 41.5 Å². The van der Waals surface area contributed by atoms with E-state index in [0.29, 0.717) is 17.7 Å². The standard InChI is InChI=1S/C12H17NO2/c1-9(10-6-7-15-8-10)13-11-2-4-12(14)5-3-11/h2-5,9-10,13-14H,6-8H2,1H3. The van der Waals surface area contributed by atoms with Crippen LogP contribution in [0, 0.1) is 5.92 Å². The number of nitrogens with one attached hydrogen (secondary N) is 1. The van der Waals surface area contributed by atoms with Crippen molar-refractivity contribution < 1.29 is 9.84 Å². The molecule has 82 valence electrons.